The summed E-state index contributed by atoms with van der Waals surface area (Å²) >= 11 is 0. The topological polar surface area (TPSA) is 64.1 Å². The van der Waals surface area contributed by atoms with E-state index in [1.54, 1.807) is 12.5 Å². The van der Waals surface area contributed by atoms with Crippen LogP contribution in [0.5, 0.6) is 0 Å². The molecule has 0 radical (unpaired) electrons. The maximum atomic E-state index is 5.80. The SMILES string of the molecule is Nc1ncccc1NCc1cccc(-c2ccco2)c1. The molecule has 0 saturated heterocycles. The van der Waals surface area contributed by atoms with E-state index in [-0.39, 0.29) is 0 Å². The minimum atomic E-state index is 0.509. The normalized spacial score (nSPS) is 10.4. The summed E-state index contributed by atoms with van der Waals surface area (Å²) in [7, 11) is 0. The summed E-state index contributed by atoms with van der Waals surface area (Å²) < 4.78 is 5.41. The third-order valence-electron chi connectivity index (χ3n) is 3.05. The molecule has 0 saturated carbocycles. The van der Waals surface area contributed by atoms with Crippen molar-refractivity contribution in [1.82, 2.24) is 4.98 Å². The molecule has 0 amide bonds. The zero-order valence-corrected chi connectivity index (χ0v) is 10.9. The highest BCUT2D eigenvalue weighted by Gasteiger charge is 2.03. The van der Waals surface area contributed by atoms with E-state index >= 15 is 0 Å². The maximum Gasteiger partial charge on any atom is 0.146 e. The first-order valence-corrected chi connectivity index (χ1v) is 6.40. The van der Waals surface area contributed by atoms with Gasteiger partial charge in [0.05, 0.1) is 12.0 Å². The molecule has 0 aliphatic carbocycles. The number of aromatic nitrogens is 1. The molecule has 20 heavy (non-hydrogen) atoms. The molecule has 3 N–H and O–H groups in total. The first-order valence-electron chi connectivity index (χ1n) is 6.40. The molecule has 0 spiro atoms. The van der Waals surface area contributed by atoms with Gasteiger partial charge in [-0.2, -0.15) is 0 Å². The molecule has 0 unspecified atom stereocenters. The van der Waals surface area contributed by atoms with Gasteiger partial charge in [-0.3, -0.25) is 0 Å². The highest BCUT2D eigenvalue weighted by Crippen LogP contribution is 2.21. The molecule has 4 heteroatoms. The summed E-state index contributed by atoms with van der Waals surface area (Å²) in [5.74, 6) is 1.38. The lowest BCUT2D eigenvalue weighted by molar-refractivity contribution is 0.582. The zero-order chi connectivity index (χ0) is 13.8. The highest BCUT2D eigenvalue weighted by molar-refractivity contribution is 5.62. The van der Waals surface area contributed by atoms with Crippen molar-refractivity contribution in [2.75, 3.05) is 11.1 Å². The van der Waals surface area contributed by atoms with Crippen LogP contribution in [0.4, 0.5) is 11.5 Å². The third kappa shape index (κ3) is 2.64. The lowest BCUT2D eigenvalue weighted by Gasteiger charge is -2.09. The molecule has 3 aromatic rings. The summed E-state index contributed by atoms with van der Waals surface area (Å²) in [6.07, 6.45) is 3.36. The molecule has 0 aliphatic rings. The van der Waals surface area contributed by atoms with Crippen molar-refractivity contribution < 1.29 is 4.42 Å². The van der Waals surface area contributed by atoms with E-state index in [1.165, 1.54) is 0 Å². The predicted molar refractivity (Wildman–Crippen MR) is 80.1 cm³/mol. The Morgan fingerprint density at radius 1 is 1.10 bits per heavy atom. The van der Waals surface area contributed by atoms with Crippen molar-refractivity contribution in [1.29, 1.82) is 0 Å². The monoisotopic (exact) mass is 265 g/mol. The number of rotatable bonds is 4. The zero-order valence-electron chi connectivity index (χ0n) is 10.9. The van der Waals surface area contributed by atoms with Gasteiger partial charge in [0, 0.05) is 18.3 Å². The smallest absolute Gasteiger partial charge is 0.146 e. The second kappa shape index (κ2) is 5.48. The summed E-state index contributed by atoms with van der Waals surface area (Å²) in [5, 5.41) is 3.28. The fourth-order valence-corrected chi connectivity index (χ4v) is 2.04. The number of pyridine rings is 1. The molecule has 2 aromatic heterocycles. The molecule has 0 fully saturated rings. The molecular formula is C16H15N3O. The Kier molecular flexibility index (Phi) is 3.37. The highest BCUT2D eigenvalue weighted by atomic mass is 16.3. The Hall–Kier alpha value is -2.75. The fourth-order valence-electron chi connectivity index (χ4n) is 2.04. The van der Waals surface area contributed by atoms with E-state index in [2.05, 4.69) is 22.4 Å². The van der Waals surface area contributed by atoms with Crippen LogP contribution in [0, 0.1) is 0 Å². The number of nitrogen functional groups attached to an aromatic ring is 1. The number of nitrogens with one attached hydrogen (secondary N) is 1. The van der Waals surface area contributed by atoms with Crippen LogP contribution >= 0.6 is 0 Å². The van der Waals surface area contributed by atoms with E-state index in [0.717, 1.165) is 22.6 Å². The number of hydrogen-bond donors (Lipinski definition) is 2. The Bertz CT molecular complexity index is 692. The summed E-state index contributed by atoms with van der Waals surface area (Å²) in [6.45, 7) is 0.685. The van der Waals surface area contributed by atoms with Gasteiger partial charge in [0.2, 0.25) is 0 Å². The van der Waals surface area contributed by atoms with Crippen LogP contribution in [-0.2, 0) is 6.54 Å². The first-order chi connectivity index (χ1) is 9.83. The van der Waals surface area contributed by atoms with Crippen LogP contribution in [0.15, 0.2) is 65.4 Å². The van der Waals surface area contributed by atoms with Gasteiger partial charge in [-0.15, -0.1) is 0 Å². The lowest BCUT2D eigenvalue weighted by atomic mass is 10.1. The Balaban J connectivity index is 1.75. The number of nitrogens with two attached hydrogens (primary N) is 1. The van der Waals surface area contributed by atoms with Crippen LogP contribution in [-0.4, -0.2) is 4.98 Å². The van der Waals surface area contributed by atoms with E-state index in [9.17, 15) is 0 Å². The average molecular weight is 265 g/mol. The molecule has 4 nitrogen and oxygen atoms in total. The van der Waals surface area contributed by atoms with Crippen molar-refractivity contribution in [3.8, 4) is 11.3 Å². The van der Waals surface area contributed by atoms with Crippen LogP contribution in [0.25, 0.3) is 11.3 Å². The minimum absolute atomic E-state index is 0.509. The van der Waals surface area contributed by atoms with Crippen molar-refractivity contribution >= 4 is 11.5 Å². The second-order valence-electron chi connectivity index (χ2n) is 4.47. The number of furan rings is 1. The molecule has 100 valence electrons. The Morgan fingerprint density at radius 3 is 2.85 bits per heavy atom. The number of benzene rings is 1. The largest absolute Gasteiger partial charge is 0.464 e. The molecule has 0 atom stereocenters. The van der Waals surface area contributed by atoms with Gasteiger partial charge in [0.25, 0.3) is 0 Å². The van der Waals surface area contributed by atoms with Crippen LogP contribution in [0.2, 0.25) is 0 Å². The molecule has 0 aliphatic heterocycles. The van der Waals surface area contributed by atoms with E-state index in [1.807, 2.05) is 36.4 Å². The quantitative estimate of drug-likeness (QED) is 0.757. The summed E-state index contributed by atoms with van der Waals surface area (Å²) in [4.78, 5) is 4.05. The van der Waals surface area contributed by atoms with Crippen molar-refractivity contribution in [2.24, 2.45) is 0 Å². The number of anilines is 2. The first kappa shape index (κ1) is 12.3. The van der Waals surface area contributed by atoms with Gasteiger partial charge >= 0.3 is 0 Å². The van der Waals surface area contributed by atoms with Crippen molar-refractivity contribution in [3.05, 3.63) is 66.6 Å². The van der Waals surface area contributed by atoms with Gasteiger partial charge < -0.3 is 15.5 Å². The molecule has 1 aromatic carbocycles. The van der Waals surface area contributed by atoms with Gasteiger partial charge in [-0.1, -0.05) is 18.2 Å². The predicted octanol–water partition coefficient (Wildman–Crippen LogP) is 3.54. The molecule has 3 rings (SSSR count). The lowest BCUT2D eigenvalue weighted by Crippen LogP contribution is -2.03. The minimum Gasteiger partial charge on any atom is -0.464 e. The fraction of sp³-hybridized carbons (Fsp3) is 0.0625. The Labute approximate surface area is 117 Å². The van der Waals surface area contributed by atoms with Gasteiger partial charge in [-0.25, -0.2) is 4.98 Å². The van der Waals surface area contributed by atoms with Crippen LogP contribution in [0.3, 0.4) is 0 Å². The van der Waals surface area contributed by atoms with Gasteiger partial charge in [0.1, 0.15) is 11.6 Å². The molecule has 0 bridgehead atoms. The third-order valence-corrected chi connectivity index (χ3v) is 3.05. The molecular weight excluding hydrogens is 250 g/mol. The van der Waals surface area contributed by atoms with Crippen LogP contribution < -0.4 is 11.1 Å². The number of nitrogens with zero attached hydrogens (tertiary/aromatic N) is 1. The Morgan fingerprint density at radius 2 is 2.05 bits per heavy atom. The standard InChI is InChI=1S/C16H15N3O/c17-16-14(6-2-8-18-16)19-11-12-4-1-5-13(10-12)15-7-3-9-20-15/h1-10,19H,11H2,(H2,17,18). The van der Waals surface area contributed by atoms with Crippen molar-refractivity contribution in [3.63, 3.8) is 0 Å². The van der Waals surface area contributed by atoms with E-state index < -0.39 is 0 Å². The number of hydrogen-bond acceptors (Lipinski definition) is 4. The van der Waals surface area contributed by atoms with Gasteiger partial charge in [-0.05, 0) is 35.9 Å². The average Bonchev–Trinajstić information content (AvgIpc) is 3.01. The van der Waals surface area contributed by atoms with Crippen molar-refractivity contribution in [2.45, 2.75) is 6.54 Å². The summed E-state index contributed by atoms with van der Waals surface area (Å²) in [5.41, 5.74) is 8.86. The second-order valence-corrected chi connectivity index (χ2v) is 4.47. The van der Waals surface area contributed by atoms with E-state index in [4.69, 9.17) is 10.2 Å². The molecule has 2 heterocycles. The van der Waals surface area contributed by atoms with Crippen LogP contribution in [0.1, 0.15) is 5.56 Å². The summed E-state index contributed by atoms with van der Waals surface area (Å²) in [6, 6.07) is 15.8. The van der Waals surface area contributed by atoms with Gasteiger partial charge in [0.15, 0.2) is 0 Å². The van der Waals surface area contributed by atoms with E-state index in [0.29, 0.717) is 12.4 Å². The maximum absolute atomic E-state index is 5.80.